The Morgan fingerprint density at radius 3 is 2.45 bits per heavy atom. The highest BCUT2D eigenvalue weighted by atomic mass is 16.6. The summed E-state index contributed by atoms with van der Waals surface area (Å²) in [6.07, 6.45) is 3.45. The third-order valence-corrected chi connectivity index (χ3v) is 7.14. The number of urea groups is 1. The van der Waals surface area contributed by atoms with Crippen LogP contribution >= 0.6 is 0 Å². The molecule has 0 N–H and O–H groups in total. The summed E-state index contributed by atoms with van der Waals surface area (Å²) >= 11 is 0. The molecule has 11 heteroatoms. The fourth-order valence-electron chi connectivity index (χ4n) is 4.89. The van der Waals surface area contributed by atoms with Gasteiger partial charge in [0.25, 0.3) is 0 Å². The molecule has 2 aliphatic heterocycles. The summed E-state index contributed by atoms with van der Waals surface area (Å²) in [4.78, 5) is 49.6. The van der Waals surface area contributed by atoms with Crippen LogP contribution in [0.1, 0.15) is 38.3 Å². The van der Waals surface area contributed by atoms with Gasteiger partial charge in [0.15, 0.2) is 0 Å². The highest BCUT2D eigenvalue weighted by molar-refractivity contribution is 6.05. The first-order valence-electron chi connectivity index (χ1n) is 14.0. The molecule has 0 radical (unpaired) electrons. The lowest BCUT2D eigenvalue weighted by atomic mass is 10.2. The number of carbonyl (C=O) groups excluding carboxylic acids is 3. The van der Waals surface area contributed by atoms with Gasteiger partial charge in [-0.2, -0.15) is 0 Å². The Morgan fingerprint density at radius 1 is 1.02 bits per heavy atom. The van der Waals surface area contributed by atoms with E-state index in [1.807, 2.05) is 67.8 Å². The van der Waals surface area contributed by atoms with E-state index in [9.17, 15) is 14.4 Å². The van der Waals surface area contributed by atoms with Gasteiger partial charge in [-0.1, -0.05) is 24.0 Å². The molecule has 0 spiro atoms. The second kappa shape index (κ2) is 12.1. The number of methoxy groups -OCH3 is 1. The van der Waals surface area contributed by atoms with E-state index in [0.29, 0.717) is 36.8 Å². The molecule has 3 aromatic rings. The van der Waals surface area contributed by atoms with Gasteiger partial charge in [-0.15, -0.1) is 0 Å². The second-order valence-corrected chi connectivity index (χ2v) is 11.3. The van der Waals surface area contributed by atoms with Crippen molar-refractivity contribution >= 4 is 29.5 Å². The van der Waals surface area contributed by atoms with E-state index in [-0.39, 0.29) is 37.5 Å². The number of hydrogen-bond acceptors (Lipinski definition) is 7. The van der Waals surface area contributed by atoms with E-state index < -0.39 is 5.60 Å². The molecule has 2 saturated heterocycles. The first-order valence-corrected chi connectivity index (χ1v) is 14.0. The van der Waals surface area contributed by atoms with Gasteiger partial charge in [0.05, 0.1) is 26.4 Å². The Labute approximate surface area is 245 Å². The third kappa shape index (κ3) is 6.66. The molecule has 0 aliphatic carbocycles. The number of amides is 4. The van der Waals surface area contributed by atoms with Crippen LogP contribution in [-0.4, -0.2) is 94.1 Å². The summed E-state index contributed by atoms with van der Waals surface area (Å²) in [5.41, 5.74) is 1.81. The number of nitrogens with zero attached hydrogens (tertiary/aromatic N) is 6. The number of piperazine rings is 1. The van der Waals surface area contributed by atoms with Crippen LogP contribution in [0, 0.1) is 11.8 Å². The van der Waals surface area contributed by atoms with Crippen LogP contribution in [0.25, 0.3) is 5.65 Å². The topological polar surface area (TPSA) is 99.9 Å². The molecule has 5 rings (SSSR count). The van der Waals surface area contributed by atoms with Crippen LogP contribution in [0.4, 0.5) is 15.4 Å². The van der Waals surface area contributed by atoms with Crippen LogP contribution in [0.15, 0.2) is 48.8 Å². The van der Waals surface area contributed by atoms with Crippen molar-refractivity contribution in [1.29, 1.82) is 0 Å². The van der Waals surface area contributed by atoms with Crippen LogP contribution < -0.4 is 9.64 Å². The molecule has 0 saturated carbocycles. The molecule has 4 heterocycles. The Bertz CT molecular complexity index is 1520. The summed E-state index contributed by atoms with van der Waals surface area (Å²) in [6.45, 7) is 9.35. The molecule has 2 aliphatic rings. The quantitative estimate of drug-likeness (QED) is 0.431. The van der Waals surface area contributed by atoms with E-state index in [0.717, 1.165) is 24.2 Å². The first kappa shape index (κ1) is 29.0. The van der Waals surface area contributed by atoms with Gasteiger partial charge in [0.2, 0.25) is 5.91 Å². The van der Waals surface area contributed by atoms with Gasteiger partial charge in [-0.25, -0.2) is 14.6 Å². The number of carbonyl (C=O) groups is 3. The lowest BCUT2D eigenvalue weighted by Gasteiger charge is -2.34. The predicted molar refractivity (Wildman–Crippen MR) is 157 cm³/mol. The maximum atomic E-state index is 13.4. The van der Waals surface area contributed by atoms with Crippen molar-refractivity contribution in [1.82, 2.24) is 24.1 Å². The minimum atomic E-state index is -0.503. The maximum absolute atomic E-state index is 13.4. The number of anilines is 1. The largest absolute Gasteiger partial charge is 0.497 e. The molecule has 220 valence electrons. The Balaban J connectivity index is 1.20. The van der Waals surface area contributed by atoms with E-state index in [2.05, 4.69) is 21.7 Å². The Kier molecular flexibility index (Phi) is 8.36. The van der Waals surface area contributed by atoms with Gasteiger partial charge in [-0.3, -0.25) is 23.9 Å². The number of aromatic nitrogens is 2. The van der Waals surface area contributed by atoms with Crippen LogP contribution in [0.3, 0.4) is 0 Å². The fourth-order valence-corrected chi connectivity index (χ4v) is 4.89. The standard InChI is InChI=1S/C31H36N6O5/c1-31(2,3)42-30(40)34-18-16-33(17-19-34)13-5-6-23-11-14-35-26(20-23)32-21-27(35)36-15-12-28(38)37(29(36)39)22-24-7-9-25(41-4)10-8-24/h7-11,14,20-21H,12-13,15-19,22H2,1-4H3. The number of benzene rings is 1. The van der Waals surface area contributed by atoms with Crippen molar-refractivity contribution in [2.45, 2.75) is 39.3 Å². The molecule has 42 heavy (non-hydrogen) atoms. The summed E-state index contributed by atoms with van der Waals surface area (Å²) in [5.74, 6) is 7.54. The van der Waals surface area contributed by atoms with E-state index in [1.165, 1.54) is 4.90 Å². The van der Waals surface area contributed by atoms with Gasteiger partial charge in [-0.05, 0) is 50.6 Å². The smallest absolute Gasteiger partial charge is 0.410 e. The van der Waals surface area contributed by atoms with Crippen molar-refractivity contribution in [3.05, 3.63) is 59.9 Å². The average Bonchev–Trinajstić information content (AvgIpc) is 3.38. The third-order valence-electron chi connectivity index (χ3n) is 7.14. The predicted octanol–water partition coefficient (Wildman–Crippen LogP) is 3.61. The summed E-state index contributed by atoms with van der Waals surface area (Å²) in [7, 11) is 1.59. The van der Waals surface area contributed by atoms with E-state index in [4.69, 9.17) is 9.47 Å². The summed E-state index contributed by atoms with van der Waals surface area (Å²) in [6, 6.07) is 10.7. The monoisotopic (exact) mass is 572 g/mol. The molecule has 0 unspecified atom stereocenters. The molecule has 0 bridgehead atoms. The maximum Gasteiger partial charge on any atom is 0.410 e. The molecular formula is C31H36N6O5. The highest BCUT2D eigenvalue weighted by Crippen LogP contribution is 2.24. The van der Waals surface area contributed by atoms with Crippen LogP contribution in [0.5, 0.6) is 5.75 Å². The van der Waals surface area contributed by atoms with Gasteiger partial charge in [0.1, 0.15) is 22.8 Å². The molecule has 2 aromatic heterocycles. The first-order chi connectivity index (χ1) is 20.1. The minimum Gasteiger partial charge on any atom is -0.497 e. The number of rotatable bonds is 5. The Morgan fingerprint density at radius 2 is 1.76 bits per heavy atom. The van der Waals surface area contributed by atoms with Crippen molar-refractivity contribution in [2.24, 2.45) is 0 Å². The average molecular weight is 573 g/mol. The molecule has 2 fully saturated rings. The SMILES string of the molecule is COc1ccc(CN2C(=O)CCN(c3cnc4cc(C#CCN5CCN(C(=O)OC(C)(C)C)CC5)ccn34)C2=O)cc1. The number of imide groups is 1. The Hall–Kier alpha value is -4.56. The van der Waals surface area contributed by atoms with E-state index >= 15 is 0 Å². The van der Waals surface area contributed by atoms with Gasteiger partial charge < -0.3 is 14.4 Å². The number of ether oxygens (including phenoxy) is 2. The second-order valence-electron chi connectivity index (χ2n) is 11.3. The zero-order chi connectivity index (χ0) is 29.9. The lowest BCUT2D eigenvalue weighted by Crippen LogP contribution is -2.52. The molecule has 0 atom stereocenters. The fraction of sp³-hybridized carbons (Fsp3) is 0.419. The zero-order valence-corrected chi connectivity index (χ0v) is 24.5. The number of pyridine rings is 1. The van der Waals surface area contributed by atoms with Crippen LogP contribution in [0.2, 0.25) is 0 Å². The normalized spacial score (nSPS) is 16.4. The number of hydrogen-bond donors (Lipinski definition) is 0. The zero-order valence-electron chi connectivity index (χ0n) is 24.5. The summed E-state index contributed by atoms with van der Waals surface area (Å²) in [5, 5.41) is 0. The van der Waals surface area contributed by atoms with Crippen molar-refractivity contribution < 1.29 is 23.9 Å². The van der Waals surface area contributed by atoms with E-state index in [1.54, 1.807) is 23.1 Å². The van der Waals surface area contributed by atoms with Gasteiger partial charge in [0, 0.05) is 50.9 Å². The van der Waals surface area contributed by atoms with Crippen molar-refractivity contribution in [3.63, 3.8) is 0 Å². The van der Waals surface area contributed by atoms with Crippen molar-refractivity contribution in [2.75, 3.05) is 51.3 Å². The molecular weight excluding hydrogens is 536 g/mol. The molecule has 11 nitrogen and oxygen atoms in total. The molecule has 1 aromatic carbocycles. The number of fused-ring (bicyclic) bond motifs is 1. The number of imidazole rings is 1. The highest BCUT2D eigenvalue weighted by Gasteiger charge is 2.34. The molecule has 4 amide bonds. The van der Waals surface area contributed by atoms with Crippen LogP contribution in [-0.2, 0) is 16.1 Å². The summed E-state index contributed by atoms with van der Waals surface area (Å²) < 4.78 is 12.5. The minimum absolute atomic E-state index is 0.185. The lowest BCUT2D eigenvalue weighted by molar-refractivity contribution is -0.129. The van der Waals surface area contributed by atoms with Crippen molar-refractivity contribution in [3.8, 4) is 17.6 Å². The van der Waals surface area contributed by atoms with Gasteiger partial charge >= 0.3 is 12.1 Å².